The summed E-state index contributed by atoms with van der Waals surface area (Å²) in [6, 6.07) is 20.8. The van der Waals surface area contributed by atoms with Gasteiger partial charge in [-0.15, -0.1) is 5.11 Å². The Balaban J connectivity index is 2.01. The zero-order valence-corrected chi connectivity index (χ0v) is 20.6. The molecule has 10 heteroatoms. The smallest absolute Gasteiger partial charge is 0.290 e. The first-order valence-corrected chi connectivity index (χ1v) is 11.2. The van der Waals surface area contributed by atoms with Gasteiger partial charge in [-0.2, -0.15) is 5.11 Å². The van der Waals surface area contributed by atoms with Crippen LogP contribution in [0.5, 0.6) is 17.4 Å². The average molecular weight is 539 g/mol. The predicted octanol–water partition coefficient (Wildman–Crippen LogP) is 6.26. The Morgan fingerprint density at radius 1 is 0.882 bits per heavy atom. The van der Waals surface area contributed by atoms with E-state index in [1.165, 1.54) is 16.2 Å². The summed E-state index contributed by atoms with van der Waals surface area (Å²) in [5, 5.41) is 19.4. The van der Waals surface area contributed by atoms with Crippen LogP contribution in [0.1, 0.15) is 0 Å². The van der Waals surface area contributed by atoms with Gasteiger partial charge in [0.05, 0.1) is 31.3 Å². The van der Waals surface area contributed by atoms with Crippen LogP contribution >= 0.6 is 28.1 Å². The number of aromatic hydroxyl groups is 1. The SMILES string of the molecule is COc1ccc(-n2c(=O)c(N=Nc3ccc(Br)cc3)c(O)n(-c3ccccc3OC)c2=S)cc1. The second-order valence-corrected chi connectivity index (χ2v) is 8.26. The molecule has 34 heavy (non-hydrogen) atoms. The van der Waals surface area contributed by atoms with Crippen LogP contribution in [-0.4, -0.2) is 28.5 Å². The van der Waals surface area contributed by atoms with Gasteiger partial charge in [-0.05, 0) is 72.9 Å². The van der Waals surface area contributed by atoms with Gasteiger partial charge in [-0.25, -0.2) is 0 Å². The Morgan fingerprint density at radius 2 is 1.56 bits per heavy atom. The van der Waals surface area contributed by atoms with E-state index in [4.69, 9.17) is 21.7 Å². The lowest BCUT2D eigenvalue weighted by atomic mass is 10.2. The quantitative estimate of drug-likeness (QED) is 0.231. The van der Waals surface area contributed by atoms with Crippen molar-refractivity contribution in [3.63, 3.8) is 0 Å². The van der Waals surface area contributed by atoms with Crippen molar-refractivity contribution in [3.05, 3.63) is 92.4 Å². The van der Waals surface area contributed by atoms with Gasteiger partial charge in [0.2, 0.25) is 11.6 Å². The first kappa shape index (κ1) is 23.4. The molecule has 4 aromatic rings. The molecular formula is C24H19BrN4O4S. The van der Waals surface area contributed by atoms with E-state index in [0.717, 1.165) is 4.47 Å². The summed E-state index contributed by atoms with van der Waals surface area (Å²) >= 11 is 9.02. The van der Waals surface area contributed by atoms with Crippen LogP contribution in [0, 0.1) is 4.77 Å². The summed E-state index contributed by atoms with van der Waals surface area (Å²) in [6.45, 7) is 0. The molecule has 1 aromatic heterocycles. The maximum absolute atomic E-state index is 13.5. The Morgan fingerprint density at radius 3 is 2.21 bits per heavy atom. The highest BCUT2D eigenvalue weighted by molar-refractivity contribution is 9.10. The molecule has 0 aliphatic rings. The lowest BCUT2D eigenvalue weighted by molar-refractivity contribution is 0.402. The van der Waals surface area contributed by atoms with Gasteiger partial charge in [0.15, 0.2) is 4.77 Å². The zero-order chi connectivity index (χ0) is 24.2. The molecule has 1 heterocycles. The Hall–Kier alpha value is -3.76. The fraction of sp³-hybridized carbons (Fsp3) is 0.0833. The van der Waals surface area contributed by atoms with E-state index >= 15 is 0 Å². The monoisotopic (exact) mass is 538 g/mol. The summed E-state index contributed by atoms with van der Waals surface area (Å²) < 4.78 is 14.2. The third kappa shape index (κ3) is 4.50. The number of hydrogen-bond donors (Lipinski definition) is 1. The summed E-state index contributed by atoms with van der Waals surface area (Å²) in [7, 11) is 3.06. The van der Waals surface area contributed by atoms with Crippen molar-refractivity contribution < 1.29 is 14.6 Å². The molecule has 3 aromatic carbocycles. The number of halogens is 1. The van der Waals surface area contributed by atoms with Crippen molar-refractivity contribution in [1.82, 2.24) is 9.13 Å². The summed E-state index contributed by atoms with van der Waals surface area (Å²) in [5.74, 6) is 0.615. The number of nitrogens with zero attached hydrogens (tertiary/aromatic N) is 4. The number of para-hydroxylation sites is 2. The van der Waals surface area contributed by atoms with Crippen molar-refractivity contribution in [2.75, 3.05) is 14.2 Å². The van der Waals surface area contributed by atoms with Gasteiger partial charge in [-0.1, -0.05) is 28.1 Å². The van der Waals surface area contributed by atoms with Gasteiger partial charge < -0.3 is 14.6 Å². The lowest BCUT2D eigenvalue weighted by Crippen LogP contribution is -2.23. The molecule has 0 atom stereocenters. The fourth-order valence-electron chi connectivity index (χ4n) is 3.28. The van der Waals surface area contributed by atoms with Crippen molar-refractivity contribution in [1.29, 1.82) is 0 Å². The van der Waals surface area contributed by atoms with Gasteiger partial charge in [0, 0.05) is 4.47 Å². The largest absolute Gasteiger partial charge is 0.497 e. The molecule has 0 saturated heterocycles. The third-order valence-electron chi connectivity index (χ3n) is 4.96. The number of rotatable bonds is 6. The average Bonchev–Trinajstić information content (AvgIpc) is 2.85. The van der Waals surface area contributed by atoms with E-state index in [9.17, 15) is 9.90 Å². The Bertz CT molecular complexity index is 1480. The summed E-state index contributed by atoms with van der Waals surface area (Å²) in [5.41, 5.74) is 0.511. The van der Waals surface area contributed by atoms with Gasteiger partial charge in [0.1, 0.15) is 11.5 Å². The lowest BCUT2D eigenvalue weighted by Gasteiger charge is -2.17. The normalized spacial score (nSPS) is 11.0. The molecule has 0 aliphatic heterocycles. The number of benzene rings is 3. The van der Waals surface area contributed by atoms with Crippen LogP contribution in [-0.2, 0) is 0 Å². The van der Waals surface area contributed by atoms with Gasteiger partial charge in [-0.3, -0.25) is 13.9 Å². The van der Waals surface area contributed by atoms with E-state index in [0.29, 0.717) is 28.6 Å². The molecule has 0 spiro atoms. The van der Waals surface area contributed by atoms with Crippen molar-refractivity contribution in [3.8, 4) is 28.8 Å². The molecule has 4 rings (SSSR count). The van der Waals surface area contributed by atoms with E-state index in [-0.39, 0.29) is 10.5 Å². The molecule has 8 nitrogen and oxygen atoms in total. The number of aromatic nitrogens is 2. The molecule has 0 radical (unpaired) electrons. The van der Waals surface area contributed by atoms with Crippen LogP contribution in [0.15, 0.2) is 92.3 Å². The van der Waals surface area contributed by atoms with Gasteiger partial charge >= 0.3 is 0 Å². The zero-order valence-electron chi connectivity index (χ0n) is 18.2. The third-order valence-corrected chi connectivity index (χ3v) is 5.85. The van der Waals surface area contributed by atoms with E-state index in [2.05, 4.69) is 26.2 Å². The fourth-order valence-corrected chi connectivity index (χ4v) is 3.92. The molecule has 0 unspecified atom stereocenters. The Kier molecular flexibility index (Phi) is 6.90. The highest BCUT2D eigenvalue weighted by atomic mass is 79.9. The number of methoxy groups -OCH3 is 2. The summed E-state index contributed by atoms with van der Waals surface area (Å²) in [4.78, 5) is 13.5. The molecule has 0 aliphatic carbocycles. The number of hydrogen-bond acceptors (Lipinski definition) is 7. The molecule has 0 bridgehead atoms. The van der Waals surface area contributed by atoms with E-state index in [1.54, 1.807) is 79.9 Å². The standard InChI is InChI=1S/C24H19BrN4O4S/c1-32-18-13-11-17(12-14-18)28-22(30)21(27-26-16-9-7-15(25)8-10-16)23(31)29(24(28)34)19-5-3-4-6-20(19)33-2/h3-14,31H,1-2H3. The minimum Gasteiger partial charge on any atom is -0.497 e. The van der Waals surface area contributed by atoms with Gasteiger partial charge in [0.25, 0.3) is 5.56 Å². The van der Waals surface area contributed by atoms with Crippen LogP contribution in [0.3, 0.4) is 0 Å². The maximum atomic E-state index is 13.5. The maximum Gasteiger partial charge on any atom is 0.290 e. The van der Waals surface area contributed by atoms with Crippen LogP contribution in [0.25, 0.3) is 11.4 Å². The molecule has 172 valence electrons. The first-order valence-electron chi connectivity index (χ1n) is 10.0. The molecule has 0 amide bonds. The molecule has 0 fully saturated rings. The molecule has 1 N–H and O–H groups in total. The summed E-state index contributed by atoms with van der Waals surface area (Å²) in [6.07, 6.45) is 0. The highest BCUT2D eigenvalue weighted by Gasteiger charge is 2.21. The Labute approximate surface area is 208 Å². The first-order chi connectivity index (χ1) is 16.4. The van der Waals surface area contributed by atoms with E-state index < -0.39 is 11.4 Å². The predicted molar refractivity (Wildman–Crippen MR) is 135 cm³/mol. The number of ether oxygens (including phenoxy) is 2. The van der Waals surface area contributed by atoms with Crippen molar-refractivity contribution >= 4 is 39.5 Å². The van der Waals surface area contributed by atoms with Crippen LogP contribution in [0.2, 0.25) is 0 Å². The highest BCUT2D eigenvalue weighted by Crippen LogP contribution is 2.33. The number of azo groups is 1. The van der Waals surface area contributed by atoms with Crippen molar-refractivity contribution in [2.24, 2.45) is 10.2 Å². The molecule has 0 saturated carbocycles. The van der Waals surface area contributed by atoms with Crippen molar-refractivity contribution in [2.45, 2.75) is 0 Å². The topological polar surface area (TPSA) is 90.3 Å². The van der Waals surface area contributed by atoms with Crippen LogP contribution in [0.4, 0.5) is 11.4 Å². The molecular weight excluding hydrogens is 520 g/mol. The second-order valence-electron chi connectivity index (χ2n) is 6.98. The van der Waals surface area contributed by atoms with E-state index in [1.807, 2.05) is 0 Å². The minimum atomic E-state index is -0.625. The second kappa shape index (κ2) is 10.0. The minimum absolute atomic E-state index is 0.0276. The van der Waals surface area contributed by atoms with Crippen LogP contribution < -0.4 is 15.0 Å².